The molecule has 5 nitrogen and oxygen atoms in total. The fourth-order valence-electron chi connectivity index (χ4n) is 2.77. The Morgan fingerprint density at radius 2 is 2.04 bits per heavy atom. The van der Waals surface area contributed by atoms with Gasteiger partial charge in [-0.05, 0) is 30.2 Å². The van der Waals surface area contributed by atoms with Crippen molar-refractivity contribution in [3.05, 3.63) is 71.5 Å². The molecule has 3 rings (SSSR count). The van der Waals surface area contributed by atoms with E-state index in [0.717, 1.165) is 12.1 Å². The summed E-state index contributed by atoms with van der Waals surface area (Å²) in [5, 5.41) is 12.4. The predicted octanol–water partition coefficient (Wildman–Crippen LogP) is 4.32. The standard InChI is InChI=1S/C20H21ClN4OS/c1-2-15(16-7-4-3-5-8-16)12-22-19(26)13-27-20-24-23-14-25(20)18-10-6-9-17(21)11-18/h3-11,14-15H,2,12-13H2,1H3,(H,22,26). The van der Waals surface area contributed by atoms with Gasteiger partial charge in [0, 0.05) is 17.5 Å². The van der Waals surface area contributed by atoms with Gasteiger partial charge in [-0.15, -0.1) is 10.2 Å². The first-order chi connectivity index (χ1) is 13.2. The molecule has 0 aliphatic rings. The Labute approximate surface area is 168 Å². The van der Waals surface area contributed by atoms with E-state index >= 15 is 0 Å². The Bertz CT molecular complexity index is 884. The molecule has 0 bridgehead atoms. The Balaban J connectivity index is 1.55. The summed E-state index contributed by atoms with van der Waals surface area (Å²) in [5.74, 6) is 0.579. The number of halogens is 1. The van der Waals surface area contributed by atoms with Crippen LogP contribution in [0.4, 0.5) is 0 Å². The van der Waals surface area contributed by atoms with E-state index in [4.69, 9.17) is 11.6 Å². The van der Waals surface area contributed by atoms with Gasteiger partial charge >= 0.3 is 0 Å². The fraction of sp³-hybridized carbons (Fsp3) is 0.250. The van der Waals surface area contributed by atoms with Crippen molar-refractivity contribution in [3.63, 3.8) is 0 Å². The van der Waals surface area contributed by atoms with Crippen molar-refractivity contribution >= 4 is 29.3 Å². The van der Waals surface area contributed by atoms with Gasteiger partial charge in [-0.3, -0.25) is 9.36 Å². The number of carbonyl (C=O) groups is 1. The molecule has 0 saturated carbocycles. The van der Waals surface area contributed by atoms with E-state index in [-0.39, 0.29) is 11.7 Å². The smallest absolute Gasteiger partial charge is 0.230 e. The minimum Gasteiger partial charge on any atom is -0.355 e. The highest BCUT2D eigenvalue weighted by Gasteiger charge is 2.13. The van der Waals surface area contributed by atoms with Crippen molar-refractivity contribution in [2.24, 2.45) is 0 Å². The molecule has 27 heavy (non-hydrogen) atoms. The van der Waals surface area contributed by atoms with Crippen LogP contribution in [0.25, 0.3) is 5.69 Å². The van der Waals surface area contributed by atoms with Gasteiger partial charge in [-0.25, -0.2) is 0 Å². The second-order valence-corrected chi connectivity index (χ2v) is 7.45. The maximum absolute atomic E-state index is 12.3. The summed E-state index contributed by atoms with van der Waals surface area (Å²) in [6.07, 6.45) is 2.59. The highest BCUT2D eigenvalue weighted by molar-refractivity contribution is 7.99. The van der Waals surface area contributed by atoms with Crippen LogP contribution in [0.3, 0.4) is 0 Å². The third-order valence-electron chi connectivity index (χ3n) is 4.24. The molecule has 1 heterocycles. The van der Waals surface area contributed by atoms with Crippen LogP contribution in [0, 0.1) is 0 Å². The number of rotatable bonds is 8. The second-order valence-electron chi connectivity index (χ2n) is 6.07. The number of benzene rings is 2. The van der Waals surface area contributed by atoms with Crippen molar-refractivity contribution in [2.45, 2.75) is 24.4 Å². The summed E-state index contributed by atoms with van der Waals surface area (Å²) in [6, 6.07) is 17.7. The van der Waals surface area contributed by atoms with E-state index < -0.39 is 0 Å². The van der Waals surface area contributed by atoms with E-state index in [9.17, 15) is 4.79 Å². The molecule has 0 aliphatic heterocycles. The maximum Gasteiger partial charge on any atom is 0.230 e. The van der Waals surface area contributed by atoms with Crippen molar-refractivity contribution < 1.29 is 4.79 Å². The molecule has 1 unspecified atom stereocenters. The fourth-order valence-corrected chi connectivity index (χ4v) is 3.71. The number of carbonyl (C=O) groups excluding carboxylic acids is 1. The van der Waals surface area contributed by atoms with Crippen molar-refractivity contribution in [1.82, 2.24) is 20.1 Å². The largest absolute Gasteiger partial charge is 0.355 e. The zero-order valence-electron chi connectivity index (χ0n) is 15.0. The van der Waals surface area contributed by atoms with Crippen LogP contribution in [-0.2, 0) is 4.79 Å². The van der Waals surface area contributed by atoms with Gasteiger partial charge in [0.05, 0.1) is 11.4 Å². The molecule has 1 aromatic heterocycles. The lowest BCUT2D eigenvalue weighted by molar-refractivity contribution is -0.118. The first-order valence-corrected chi connectivity index (χ1v) is 10.1. The summed E-state index contributed by atoms with van der Waals surface area (Å²) in [4.78, 5) is 12.3. The highest BCUT2D eigenvalue weighted by Crippen LogP contribution is 2.22. The van der Waals surface area contributed by atoms with Crippen LogP contribution >= 0.6 is 23.4 Å². The average Bonchev–Trinajstić information content (AvgIpc) is 3.16. The Kier molecular flexibility index (Phi) is 6.90. The monoisotopic (exact) mass is 400 g/mol. The third-order valence-corrected chi connectivity index (χ3v) is 5.42. The molecule has 7 heteroatoms. The maximum atomic E-state index is 12.3. The first kappa shape index (κ1) is 19.5. The van der Waals surface area contributed by atoms with Crippen molar-refractivity contribution in [1.29, 1.82) is 0 Å². The number of hydrogen-bond acceptors (Lipinski definition) is 4. The molecular formula is C20H21ClN4OS. The molecule has 2 aromatic carbocycles. The summed E-state index contributed by atoms with van der Waals surface area (Å²) in [6.45, 7) is 2.76. The summed E-state index contributed by atoms with van der Waals surface area (Å²) in [7, 11) is 0. The lowest BCUT2D eigenvalue weighted by Gasteiger charge is -2.16. The molecule has 0 saturated heterocycles. The molecule has 0 aliphatic carbocycles. The lowest BCUT2D eigenvalue weighted by atomic mass is 9.96. The van der Waals surface area contributed by atoms with Crippen LogP contribution in [-0.4, -0.2) is 33.0 Å². The van der Waals surface area contributed by atoms with Crippen LogP contribution in [0.15, 0.2) is 66.1 Å². The molecule has 0 fully saturated rings. The molecule has 140 valence electrons. The van der Waals surface area contributed by atoms with Gasteiger partial charge in [-0.1, -0.05) is 66.7 Å². The van der Waals surface area contributed by atoms with E-state index in [0.29, 0.717) is 22.6 Å². The molecule has 3 aromatic rings. The van der Waals surface area contributed by atoms with Gasteiger partial charge in [-0.2, -0.15) is 0 Å². The van der Waals surface area contributed by atoms with E-state index in [2.05, 4.69) is 34.6 Å². The van der Waals surface area contributed by atoms with Crippen LogP contribution in [0.1, 0.15) is 24.8 Å². The number of thioether (sulfide) groups is 1. The zero-order valence-corrected chi connectivity index (χ0v) is 16.6. The van der Waals surface area contributed by atoms with E-state index in [1.807, 2.05) is 47.0 Å². The lowest BCUT2D eigenvalue weighted by Crippen LogP contribution is -2.29. The van der Waals surface area contributed by atoms with Crippen molar-refractivity contribution in [3.8, 4) is 5.69 Å². The average molecular weight is 401 g/mol. The molecular weight excluding hydrogens is 380 g/mol. The van der Waals surface area contributed by atoms with E-state index in [1.165, 1.54) is 17.3 Å². The third kappa shape index (κ3) is 5.34. The zero-order chi connectivity index (χ0) is 19.1. The molecule has 0 radical (unpaired) electrons. The SMILES string of the molecule is CCC(CNC(=O)CSc1nncn1-c1cccc(Cl)c1)c1ccccc1. The number of hydrogen-bond donors (Lipinski definition) is 1. The minimum absolute atomic E-state index is 0.0185. The molecule has 0 spiro atoms. The van der Waals surface area contributed by atoms with Crippen molar-refractivity contribution in [2.75, 3.05) is 12.3 Å². The quantitative estimate of drug-likeness (QED) is 0.572. The number of amides is 1. The first-order valence-electron chi connectivity index (χ1n) is 8.77. The molecule has 1 atom stereocenters. The topological polar surface area (TPSA) is 59.8 Å². The van der Waals surface area contributed by atoms with Crippen LogP contribution in [0.5, 0.6) is 0 Å². The van der Waals surface area contributed by atoms with Gasteiger partial charge in [0.15, 0.2) is 5.16 Å². The summed E-state index contributed by atoms with van der Waals surface area (Å²) < 4.78 is 1.82. The molecule has 1 N–H and O–H groups in total. The minimum atomic E-state index is -0.0185. The van der Waals surface area contributed by atoms with Crippen LogP contribution < -0.4 is 5.32 Å². The Morgan fingerprint density at radius 1 is 1.22 bits per heavy atom. The van der Waals surface area contributed by atoms with Gasteiger partial charge < -0.3 is 5.32 Å². The highest BCUT2D eigenvalue weighted by atomic mass is 35.5. The number of aromatic nitrogens is 3. The van der Waals surface area contributed by atoms with Gasteiger partial charge in [0.1, 0.15) is 6.33 Å². The second kappa shape index (κ2) is 9.58. The number of nitrogens with zero attached hydrogens (tertiary/aromatic N) is 3. The van der Waals surface area contributed by atoms with Crippen LogP contribution in [0.2, 0.25) is 5.02 Å². The predicted molar refractivity (Wildman–Crippen MR) is 110 cm³/mol. The van der Waals surface area contributed by atoms with Gasteiger partial charge in [0.25, 0.3) is 0 Å². The Morgan fingerprint density at radius 3 is 2.78 bits per heavy atom. The summed E-state index contributed by atoms with van der Waals surface area (Å²) >= 11 is 7.40. The van der Waals surface area contributed by atoms with E-state index in [1.54, 1.807) is 6.33 Å². The van der Waals surface area contributed by atoms with Gasteiger partial charge in [0.2, 0.25) is 5.91 Å². The summed E-state index contributed by atoms with van der Waals surface area (Å²) in [5.41, 5.74) is 2.11. The normalized spacial score (nSPS) is 11.9. The molecule has 1 amide bonds. The number of nitrogens with one attached hydrogen (secondary N) is 1. The Hall–Kier alpha value is -2.31.